The molecular formula is C13H19NO2. The lowest BCUT2D eigenvalue weighted by molar-refractivity contribution is -0.0180. The van der Waals surface area contributed by atoms with Crippen molar-refractivity contribution in [3.63, 3.8) is 0 Å². The summed E-state index contributed by atoms with van der Waals surface area (Å²) in [7, 11) is 0. The van der Waals surface area contributed by atoms with E-state index in [2.05, 4.69) is 13.8 Å². The third kappa shape index (κ3) is 2.36. The van der Waals surface area contributed by atoms with E-state index >= 15 is 0 Å². The normalized spacial score (nSPS) is 24.0. The maximum absolute atomic E-state index is 6.17. The molecule has 3 nitrogen and oxygen atoms in total. The van der Waals surface area contributed by atoms with Crippen molar-refractivity contribution in [1.82, 2.24) is 0 Å². The molecule has 3 heteroatoms. The summed E-state index contributed by atoms with van der Waals surface area (Å²) in [6, 6.07) is 7.82. The molecule has 1 aliphatic rings. The quantitative estimate of drug-likeness (QED) is 0.850. The van der Waals surface area contributed by atoms with E-state index in [9.17, 15) is 0 Å². The molecule has 0 saturated carbocycles. The first-order valence-electron chi connectivity index (χ1n) is 5.77. The van der Waals surface area contributed by atoms with Crippen LogP contribution in [0.25, 0.3) is 0 Å². The van der Waals surface area contributed by atoms with Gasteiger partial charge >= 0.3 is 0 Å². The minimum absolute atomic E-state index is 0.0303. The second-order valence-electron chi connectivity index (χ2n) is 4.64. The fraction of sp³-hybridized carbons (Fsp3) is 0.538. The summed E-state index contributed by atoms with van der Waals surface area (Å²) in [6.07, 6.45) is -0.0303. The molecule has 0 aromatic heterocycles. The van der Waals surface area contributed by atoms with Gasteiger partial charge in [-0.25, -0.2) is 0 Å². The molecule has 2 N–H and O–H groups in total. The van der Waals surface area contributed by atoms with Gasteiger partial charge in [0.05, 0.1) is 6.04 Å². The number of ether oxygens (including phenoxy) is 2. The van der Waals surface area contributed by atoms with Crippen LogP contribution < -0.4 is 10.5 Å². The molecule has 1 aliphatic heterocycles. The minimum Gasteiger partial charge on any atom is -0.490 e. The van der Waals surface area contributed by atoms with Crippen molar-refractivity contribution in [2.24, 2.45) is 11.7 Å². The maximum atomic E-state index is 6.17. The lowest BCUT2D eigenvalue weighted by Crippen LogP contribution is -2.38. The summed E-state index contributed by atoms with van der Waals surface area (Å²) >= 11 is 0. The van der Waals surface area contributed by atoms with Crippen molar-refractivity contribution in [1.29, 1.82) is 0 Å². The van der Waals surface area contributed by atoms with Gasteiger partial charge in [0, 0.05) is 12.2 Å². The Morgan fingerprint density at radius 2 is 2.19 bits per heavy atom. The summed E-state index contributed by atoms with van der Waals surface area (Å²) in [5, 5.41) is 0. The molecule has 0 bridgehead atoms. The Bertz CT molecular complexity index is 352. The summed E-state index contributed by atoms with van der Waals surface area (Å²) in [5.41, 5.74) is 7.22. The fourth-order valence-corrected chi connectivity index (χ4v) is 1.83. The van der Waals surface area contributed by atoms with Gasteiger partial charge in [-0.2, -0.15) is 0 Å². The first-order valence-corrected chi connectivity index (χ1v) is 5.77. The summed E-state index contributed by atoms with van der Waals surface area (Å²) in [5.74, 6) is 1.41. The number of benzene rings is 1. The zero-order chi connectivity index (χ0) is 11.5. The number of hydrogen-bond acceptors (Lipinski definition) is 3. The highest BCUT2D eigenvalue weighted by Crippen LogP contribution is 2.31. The predicted octanol–water partition coefficient (Wildman–Crippen LogP) is 2.12. The van der Waals surface area contributed by atoms with E-state index in [0.717, 1.165) is 17.9 Å². The highest BCUT2D eigenvalue weighted by molar-refractivity contribution is 5.38. The number of fused-ring (bicyclic) bond motifs is 1. The molecule has 0 fully saturated rings. The number of nitrogens with two attached hydrogens (primary N) is 1. The molecular weight excluding hydrogens is 202 g/mol. The molecule has 1 aromatic rings. The van der Waals surface area contributed by atoms with Gasteiger partial charge < -0.3 is 15.2 Å². The molecule has 2 rings (SSSR count). The van der Waals surface area contributed by atoms with E-state index in [1.807, 2.05) is 24.3 Å². The molecule has 0 spiro atoms. The Morgan fingerprint density at radius 3 is 2.94 bits per heavy atom. The van der Waals surface area contributed by atoms with E-state index in [0.29, 0.717) is 12.5 Å². The van der Waals surface area contributed by atoms with Crippen molar-refractivity contribution < 1.29 is 9.47 Å². The Morgan fingerprint density at radius 1 is 1.44 bits per heavy atom. The smallest absolute Gasteiger partial charge is 0.124 e. The van der Waals surface area contributed by atoms with E-state index in [1.54, 1.807) is 0 Å². The van der Waals surface area contributed by atoms with Crippen molar-refractivity contribution in [3.05, 3.63) is 29.8 Å². The maximum Gasteiger partial charge on any atom is 0.124 e. The van der Waals surface area contributed by atoms with Gasteiger partial charge in [-0.1, -0.05) is 32.0 Å². The van der Waals surface area contributed by atoms with Crippen LogP contribution in [-0.4, -0.2) is 19.3 Å². The molecule has 0 aliphatic carbocycles. The van der Waals surface area contributed by atoms with Crippen LogP contribution in [0.1, 0.15) is 25.5 Å². The van der Waals surface area contributed by atoms with Gasteiger partial charge in [0.15, 0.2) is 0 Å². The SMILES string of the molecule is CC(C)CO[C@H]1COc2ccccc2[C@@H]1N. The fourth-order valence-electron chi connectivity index (χ4n) is 1.83. The lowest BCUT2D eigenvalue weighted by atomic mass is 9.99. The second-order valence-corrected chi connectivity index (χ2v) is 4.64. The predicted molar refractivity (Wildman–Crippen MR) is 63.4 cm³/mol. The lowest BCUT2D eigenvalue weighted by Gasteiger charge is -2.31. The second kappa shape index (κ2) is 4.85. The minimum atomic E-state index is -0.0799. The van der Waals surface area contributed by atoms with E-state index in [1.165, 1.54) is 0 Å². The molecule has 1 aromatic carbocycles. The standard InChI is InChI=1S/C13H19NO2/c1-9(2)7-15-12-8-16-11-6-4-3-5-10(11)13(12)14/h3-6,9,12-13H,7-8,14H2,1-2H3/t12-,13-/m0/s1. The van der Waals surface area contributed by atoms with Crippen LogP contribution >= 0.6 is 0 Å². The molecule has 0 saturated heterocycles. The largest absolute Gasteiger partial charge is 0.490 e. The van der Waals surface area contributed by atoms with Crippen LogP contribution in [0.5, 0.6) is 5.75 Å². The molecule has 0 unspecified atom stereocenters. The molecule has 88 valence electrons. The average Bonchev–Trinajstić information content (AvgIpc) is 2.28. The summed E-state index contributed by atoms with van der Waals surface area (Å²) in [6.45, 7) is 5.53. The van der Waals surface area contributed by atoms with Crippen molar-refractivity contribution in [2.45, 2.75) is 26.0 Å². The monoisotopic (exact) mass is 221 g/mol. The number of hydrogen-bond donors (Lipinski definition) is 1. The first kappa shape index (κ1) is 11.4. The third-order valence-electron chi connectivity index (χ3n) is 2.73. The Hall–Kier alpha value is -1.06. The van der Waals surface area contributed by atoms with Crippen LogP contribution in [-0.2, 0) is 4.74 Å². The zero-order valence-electron chi connectivity index (χ0n) is 9.85. The molecule has 16 heavy (non-hydrogen) atoms. The van der Waals surface area contributed by atoms with Crippen molar-refractivity contribution >= 4 is 0 Å². The van der Waals surface area contributed by atoms with Gasteiger partial charge in [0.25, 0.3) is 0 Å². The summed E-state index contributed by atoms with van der Waals surface area (Å²) in [4.78, 5) is 0. The van der Waals surface area contributed by atoms with Crippen molar-refractivity contribution in [3.8, 4) is 5.75 Å². The third-order valence-corrected chi connectivity index (χ3v) is 2.73. The van der Waals surface area contributed by atoms with Crippen LogP contribution in [0.2, 0.25) is 0 Å². The van der Waals surface area contributed by atoms with Crippen LogP contribution in [0.4, 0.5) is 0 Å². The average molecular weight is 221 g/mol. The van der Waals surface area contributed by atoms with Gasteiger partial charge in [0.1, 0.15) is 18.5 Å². The van der Waals surface area contributed by atoms with Gasteiger partial charge in [-0.15, -0.1) is 0 Å². The Balaban J connectivity index is 2.06. The van der Waals surface area contributed by atoms with E-state index in [-0.39, 0.29) is 12.1 Å². The topological polar surface area (TPSA) is 44.5 Å². The van der Waals surface area contributed by atoms with Gasteiger partial charge in [-0.3, -0.25) is 0 Å². The molecule has 2 atom stereocenters. The van der Waals surface area contributed by atoms with Crippen LogP contribution in [0.3, 0.4) is 0 Å². The first-order chi connectivity index (χ1) is 7.68. The van der Waals surface area contributed by atoms with Crippen LogP contribution in [0, 0.1) is 5.92 Å². The summed E-state index contributed by atoms with van der Waals surface area (Å²) < 4.78 is 11.4. The van der Waals surface area contributed by atoms with Crippen LogP contribution in [0.15, 0.2) is 24.3 Å². The molecule has 0 radical (unpaired) electrons. The number of para-hydroxylation sites is 1. The highest BCUT2D eigenvalue weighted by atomic mass is 16.5. The van der Waals surface area contributed by atoms with Gasteiger partial charge in [-0.05, 0) is 12.0 Å². The van der Waals surface area contributed by atoms with Gasteiger partial charge in [0.2, 0.25) is 0 Å². The Labute approximate surface area is 96.5 Å². The number of rotatable bonds is 3. The van der Waals surface area contributed by atoms with Crippen molar-refractivity contribution in [2.75, 3.05) is 13.2 Å². The van der Waals surface area contributed by atoms with E-state index in [4.69, 9.17) is 15.2 Å². The zero-order valence-corrected chi connectivity index (χ0v) is 9.85. The Kier molecular flexibility index (Phi) is 3.46. The van der Waals surface area contributed by atoms with E-state index < -0.39 is 0 Å². The highest BCUT2D eigenvalue weighted by Gasteiger charge is 2.28. The molecule has 1 heterocycles. The molecule has 0 amide bonds.